The first kappa shape index (κ1) is 17.4. The highest BCUT2D eigenvalue weighted by atomic mass is 16.6. The number of carbonyl (C=O) groups excluding carboxylic acids is 2. The second kappa shape index (κ2) is 7.22. The van der Waals surface area contributed by atoms with Crippen LogP contribution in [0.1, 0.15) is 5.56 Å². The van der Waals surface area contributed by atoms with Crippen molar-refractivity contribution in [3.8, 4) is 5.75 Å². The van der Waals surface area contributed by atoms with Crippen LogP contribution in [-0.2, 0) is 16.0 Å². The Labute approximate surface area is 149 Å². The molecule has 8 nitrogen and oxygen atoms in total. The molecule has 0 aliphatic carbocycles. The molecule has 3 rings (SSSR count). The topological polar surface area (TPSA) is 102 Å². The largest absolute Gasteiger partial charge is 0.477 e. The normalized spacial score (nSPS) is 15.6. The van der Waals surface area contributed by atoms with Crippen molar-refractivity contribution in [2.24, 2.45) is 0 Å². The molecule has 0 radical (unpaired) electrons. The van der Waals surface area contributed by atoms with E-state index in [1.807, 2.05) is 0 Å². The van der Waals surface area contributed by atoms with Gasteiger partial charge in [0.05, 0.1) is 23.6 Å². The van der Waals surface area contributed by atoms with E-state index in [1.54, 1.807) is 36.4 Å². The van der Waals surface area contributed by atoms with Crippen molar-refractivity contribution in [3.63, 3.8) is 0 Å². The molecule has 0 aromatic heterocycles. The number of para-hydroxylation sites is 2. The molecule has 26 heavy (non-hydrogen) atoms. The average Bonchev–Trinajstić information content (AvgIpc) is 2.66. The molecule has 1 heterocycles. The highest BCUT2D eigenvalue weighted by Gasteiger charge is 2.33. The number of rotatable bonds is 4. The number of hydrogen-bond acceptors (Lipinski definition) is 5. The molecule has 0 unspecified atom stereocenters. The lowest BCUT2D eigenvalue weighted by molar-refractivity contribution is -0.384. The second-order valence-corrected chi connectivity index (χ2v) is 5.79. The van der Waals surface area contributed by atoms with Crippen LogP contribution in [0.25, 0.3) is 0 Å². The van der Waals surface area contributed by atoms with Gasteiger partial charge in [-0.05, 0) is 17.7 Å². The van der Waals surface area contributed by atoms with Crippen LogP contribution < -0.4 is 15.0 Å². The molecule has 1 N–H and O–H groups in total. The van der Waals surface area contributed by atoms with Crippen molar-refractivity contribution >= 4 is 23.2 Å². The summed E-state index contributed by atoms with van der Waals surface area (Å²) in [6, 6.07) is 12.8. The van der Waals surface area contributed by atoms with Gasteiger partial charge in [-0.1, -0.05) is 24.3 Å². The third-order valence-corrected chi connectivity index (χ3v) is 4.12. The van der Waals surface area contributed by atoms with E-state index in [2.05, 4.69) is 5.32 Å². The molecular weight excluding hydrogens is 338 g/mol. The van der Waals surface area contributed by atoms with Crippen LogP contribution in [0.5, 0.6) is 5.75 Å². The first-order chi connectivity index (χ1) is 12.5. The number of amides is 2. The first-order valence-corrected chi connectivity index (χ1v) is 8.00. The number of carbonyl (C=O) groups is 2. The second-order valence-electron chi connectivity index (χ2n) is 5.79. The van der Waals surface area contributed by atoms with Crippen molar-refractivity contribution in [1.82, 2.24) is 5.32 Å². The van der Waals surface area contributed by atoms with Gasteiger partial charge in [0.15, 0.2) is 6.10 Å². The van der Waals surface area contributed by atoms with E-state index in [-0.39, 0.29) is 30.5 Å². The molecule has 2 aromatic rings. The lowest BCUT2D eigenvalue weighted by Gasteiger charge is -2.34. The first-order valence-electron chi connectivity index (χ1n) is 8.00. The zero-order valence-electron chi connectivity index (χ0n) is 14.0. The van der Waals surface area contributed by atoms with Gasteiger partial charge in [0.2, 0.25) is 5.91 Å². The SMILES string of the molecule is CNC(=O)[C@@H]1CN(C(=O)Cc2ccc([N+](=O)[O-])cc2)c2ccccc2O1. The number of likely N-dealkylation sites (N-methyl/N-ethyl adjacent to an activating group) is 1. The maximum atomic E-state index is 12.8. The fraction of sp³-hybridized carbons (Fsp3) is 0.222. The summed E-state index contributed by atoms with van der Waals surface area (Å²) in [6.45, 7) is 0.0997. The van der Waals surface area contributed by atoms with Gasteiger partial charge in [-0.3, -0.25) is 19.7 Å². The van der Waals surface area contributed by atoms with Crippen LogP contribution in [0.4, 0.5) is 11.4 Å². The Morgan fingerprint density at radius 1 is 1.23 bits per heavy atom. The van der Waals surface area contributed by atoms with E-state index >= 15 is 0 Å². The maximum absolute atomic E-state index is 12.8. The molecule has 0 saturated carbocycles. The minimum atomic E-state index is -0.796. The summed E-state index contributed by atoms with van der Waals surface area (Å²) < 4.78 is 5.68. The molecular formula is C18H17N3O5. The fourth-order valence-electron chi connectivity index (χ4n) is 2.77. The summed E-state index contributed by atoms with van der Waals surface area (Å²) >= 11 is 0. The van der Waals surface area contributed by atoms with Gasteiger partial charge < -0.3 is 15.0 Å². The Morgan fingerprint density at radius 2 is 1.92 bits per heavy atom. The summed E-state index contributed by atoms with van der Waals surface area (Å²) in [6.07, 6.45) is -0.733. The Kier molecular flexibility index (Phi) is 4.83. The van der Waals surface area contributed by atoms with Crippen molar-refractivity contribution in [2.45, 2.75) is 12.5 Å². The van der Waals surface area contributed by atoms with Crippen LogP contribution in [0.15, 0.2) is 48.5 Å². The highest BCUT2D eigenvalue weighted by molar-refractivity contribution is 5.98. The highest BCUT2D eigenvalue weighted by Crippen LogP contribution is 2.33. The molecule has 1 aliphatic rings. The Hall–Kier alpha value is -3.42. The van der Waals surface area contributed by atoms with E-state index < -0.39 is 11.0 Å². The van der Waals surface area contributed by atoms with E-state index in [9.17, 15) is 19.7 Å². The van der Waals surface area contributed by atoms with E-state index in [4.69, 9.17) is 4.74 Å². The molecule has 1 aliphatic heterocycles. The van der Waals surface area contributed by atoms with E-state index in [0.717, 1.165) is 0 Å². The molecule has 0 bridgehead atoms. The minimum Gasteiger partial charge on any atom is -0.477 e. The average molecular weight is 355 g/mol. The summed E-state index contributed by atoms with van der Waals surface area (Å²) in [7, 11) is 1.51. The van der Waals surface area contributed by atoms with E-state index in [1.165, 1.54) is 24.1 Å². The molecule has 134 valence electrons. The van der Waals surface area contributed by atoms with Gasteiger partial charge in [-0.15, -0.1) is 0 Å². The van der Waals surface area contributed by atoms with Gasteiger partial charge in [0.25, 0.3) is 11.6 Å². The van der Waals surface area contributed by atoms with Crippen molar-refractivity contribution in [1.29, 1.82) is 0 Å². The van der Waals surface area contributed by atoms with Gasteiger partial charge in [0, 0.05) is 19.2 Å². The molecule has 0 fully saturated rings. The predicted octanol–water partition coefficient (Wildman–Crippen LogP) is 1.68. The zero-order valence-corrected chi connectivity index (χ0v) is 14.0. The third kappa shape index (κ3) is 3.49. The van der Waals surface area contributed by atoms with Crippen LogP contribution in [-0.4, -0.2) is 36.4 Å². The van der Waals surface area contributed by atoms with Gasteiger partial charge in [-0.25, -0.2) is 0 Å². The number of nitro groups is 1. The fourth-order valence-corrected chi connectivity index (χ4v) is 2.77. The van der Waals surface area contributed by atoms with Crippen molar-refractivity contribution in [2.75, 3.05) is 18.5 Å². The van der Waals surface area contributed by atoms with Gasteiger partial charge >= 0.3 is 0 Å². The number of benzene rings is 2. The van der Waals surface area contributed by atoms with Crippen LogP contribution in [0, 0.1) is 10.1 Å². The van der Waals surface area contributed by atoms with Crippen LogP contribution >= 0.6 is 0 Å². The molecule has 2 aromatic carbocycles. The number of fused-ring (bicyclic) bond motifs is 1. The number of non-ortho nitro benzene ring substituents is 1. The quantitative estimate of drug-likeness (QED) is 0.664. The lowest BCUT2D eigenvalue weighted by atomic mass is 10.1. The molecule has 1 atom stereocenters. The van der Waals surface area contributed by atoms with Crippen molar-refractivity contribution in [3.05, 3.63) is 64.2 Å². The number of nitrogens with one attached hydrogen (secondary N) is 1. The summed E-state index contributed by atoms with van der Waals surface area (Å²) in [5.74, 6) is -0.0689. The van der Waals surface area contributed by atoms with E-state index in [0.29, 0.717) is 17.0 Å². The Morgan fingerprint density at radius 3 is 2.58 bits per heavy atom. The van der Waals surface area contributed by atoms with Crippen LogP contribution in [0.2, 0.25) is 0 Å². The number of ether oxygens (including phenoxy) is 1. The predicted molar refractivity (Wildman–Crippen MR) is 94.1 cm³/mol. The molecule has 0 saturated heterocycles. The smallest absolute Gasteiger partial charge is 0.269 e. The third-order valence-electron chi connectivity index (χ3n) is 4.12. The number of anilines is 1. The minimum absolute atomic E-state index is 0.0300. The zero-order chi connectivity index (χ0) is 18.7. The summed E-state index contributed by atoms with van der Waals surface area (Å²) in [5, 5.41) is 13.3. The standard InChI is InChI=1S/C18H17N3O5/c1-19-18(23)16-11-20(14-4-2-3-5-15(14)26-16)17(22)10-12-6-8-13(9-7-12)21(24)25/h2-9,16H,10-11H2,1H3,(H,19,23)/t16-/m0/s1. The van der Waals surface area contributed by atoms with Gasteiger partial charge in [0.1, 0.15) is 5.75 Å². The number of nitro benzene ring substituents is 1. The number of nitrogens with zero attached hydrogens (tertiary/aromatic N) is 2. The van der Waals surface area contributed by atoms with Crippen molar-refractivity contribution < 1.29 is 19.2 Å². The molecule has 0 spiro atoms. The summed E-state index contributed by atoms with van der Waals surface area (Å²) in [5.41, 5.74) is 1.22. The maximum Gasteiger partial charge on any atom is 0.269 e. The number of hydrogen-bond donors (Lipinski definition) is 1. The Balaban J connectivity index is 1.82. The molecule has 8 heteroatoms. The monoisotopic (exact) mass is 355 g/mol. The van der Waals surface area contributed by atoms with Crippen LogP contribution in [0.3, 0.4) is 0 Å². The molecule has 2 amide bonds. The van der Waals surface area contributed by atoms with Gasteiger partial charge in [-0.2, -0.15) is 0 Å². The summed E-state index contributed by atoms with van der Waals surface area (Å²) in [4.78, 5) is 36.5. The lowest BCUT2D eigenvalue weighted by Crippen LogP contribution is -2.50. The Bertz CT molecular complexity index is 850.